The van der Waals surface area contributed by atoms with Crippen LogP contribution in [0.4, 0.5) is 11.4 Å². The van der Waals surface area contributed by atoms with Crippen molar-refractivity contribution in [2.75, 3.05) is 11.5 Å². The number of anilines is 2. The number of ketones is 2. The molecule has 0 aliphatic rings. The predicted molar refractivity (Wildman–Crippen MR) is 105 cm³/mol. The molecule has 0 unspecified atom stereocenters. The van der Waals surface area contributed by atoms with Gasteiger partial charge in [0.05, 0.1) is 0 Å². The molecule has 2 rings (SSSR count). The molecule has 0 aromatic heterocycles. The molecule has 27 heavy (non-hydrogen) atoms. The van der Waals surface area contributed by atoms with Crippen LogP contribution >= 0.6 is 0 Å². The Bertz CT molecular complexity index is 766. The molecule has 0 atom stereocenters. The highest BCUT2D eigenvalue weighted by Crippen LogP contribution is 2.08. The van der Waals surface area contributed by atoms with Gasteiger partial charge in [-0.3, -0.25) is 18.7 Å². The van der Waals surface area contributed by atoms with E-state index < -0.39 is 10.4 Å². The van der Waals surface area contributed by atoms with Gasteiger partial charge in [-0.2, -0.15) is 8.42 Å². The van der Waals surface area contributed by atoms with Gasteiger partial charge in [0.2, 0.25) is 0 Å². The van der Waals surface area contributed by atoms with Crippen LogP contribution in [0.15, 0.2) is 48.5 Å². The molecule has 2 aromatic carbocycles. The lowest BCUT2D eigenvalue weighted by molar-refractivity contribution is 0.0980. The third kappa shape index (κ3) is 12.3. The first kappa shape index (κ1) is 24.2. The Morgan fingerprint density at radius 1 is 0.741 bits per heavy atom. The number of nitrogens with two attached hydrogens (primary N) is 2. The fraction of sp³-hybridized carbons (Fsp3) is 0.222. The lowest BCUT2D eigenvalue weighted by atomic mass is 10.1. The van der Waals surface area contributed by atoms with Gasteiger partial charge >= 0.3 is 10.4 Å². The summed E-state index contributed by atoms with van der Waals surface area (Å²) in [6.45, 7) is 3.69. The van der Waals surface area contributed by atoms with E-state index in [-0.39, 0.29) is 11.6 Å². The van der Waals surface area contributed by atoms with Crippen molar-refractivity contribution in [3.63, 3.8) is 0 Å². The summed E-state index contributed by atoms with van der Waals surface area (Å²) in [4.78, 5) is 22.2. The van der Waals surface area contributed by atoms with Crippen molar-refractivity contribution in [3.8, 4) is 0 Å². The molecule has 0 spiro atoms. The number of carbonyl (C=O) groups excluding carboxylic acids is 2. The molecule has 0 bridgehead atoms. The van der Waals surface area contributed by atoms with Crippen molar-refractivity contribution < 1.29 is 27.1 Å². The fourth-order valence-corrected chi connectivity index (χ4v) is 1.75. The molecule has 8 nitrogen and oxygen atoms in total. The smallest absolute Gasteiger partial charge is 0.394 e. The van der Waals surface area contributed by atoms with Crippen molar-refractivity contribution in [2.24, 2.45) is 0 Å². The van der Waals surface area contributed by atoms with Crippen molar-refractivity contribution in [3.05, 3.63) is 59.7 Å². The Hall–Kier alpha value is -2.75. The number of Topliss-reactive ketones (excluding diaryl/α,β-unsaturated/α-hetero) is 2. The van der Waals surface area contributed by atoms with E-state index in [1.54, 1.807) is 48.5 Å². The van der Waals surface area contributed by atoms with E-state index in [4.69, 9.17) is 29.0 Å². The summed E-state index contributed by atoms with van der Waals surface area (Å²) in [5.41, 5.74) is 13.8. The standard InChI is InChI=1S/2C9H11NO.H2O4S/c2*1-2-9(11)7-3-5-8(10)6-4-7;1-5(2,3)4/h2*3-6H,2,10H2,1H3;(H2,1,2,3,4). The zero-order valence-corrected chi connectivity index (χ0v) is 15.9. The molecule has 0 radical (unpaired) electrons. The topological polar surface area (TPSA) is 161 Å². The molecule has 0 aliphatic carbocycles. The van der Waals surface area contributed by atoms with Crippen LogP contribution in [0, 0.1) is 0 Å². The van der Waals surface area contributed by atoms with Gasteiger partial charge in [0, 0.05) is 35.3 Å². The first-order valence-electron chi connectivity index (χ1n) is 7.95. The van der Waals surface area contributed by atoms with Gasteiger partial charge < -0.3 is 11.5 Å². The highest BCUT2D eigenvalue weighted by molar-refractivity contribution is 7.79. The van der Waals surface area contributed by atoms with Crippen LogP contribution in [0.25, 0.3) is 0 Å². The molecule has 2 aromatic rings. The second-order valence-electron chi connectivity index (χ2n) is 5.25. The summed E-state index contributed by atoms with van der Waals surface area (Å²) in [7, 11) is -4.67. The average Bonchev–Trinajstić information content (AvgIpc) is 2.61. The Kier molecular flexibility index (Phi) is 10.6. The van der Waals surface area contributed by atoms with Gasteiger partial charge in [-0.25, -0.2) is 0 Å². The predicted octanol–water partition coefficient (Wildman–Crippen LogP) is 3.07. The maximum absolute atomic E-state index is 11.1. The second-order valence-corrected chi connectivity index (χ2v) is 6.14. The van der Waals surface area contributed by atoms with Gasteiger partial charge in [-0.1, -0.05) is 13.8 Å². The first-order chi connectivity index (χ1) is 12.5. The number of rotatable bonds is 4. The molecule has 0 amide bonds. The third-order valence-corrected chi connectivity index (χ3v) is 3.11. The molecule has 0 fully saturated rings. The van der Waals surface area contributed by atoms with Gasteiger partial charge in [-0.05, 0) is 48.5 Å². The number of carbonyl (C=O) groups is 2. The zero-order chi connectivity index (χ0) is 21.0. The summed E-state index contributed by atoms with van der Waals surface area (Å²) in [5.74, 6) is 0.315. The van der Waals surface area contributed by atoms with Crippen LogP contribution in [0.1, 0.15) is 47.4 Å². The van der Waals surface area contributed by atoms with Gasteiger partial charge in [0.25, 0.3) is 0 Å². The molecule has 0 saturated heterocycles. The van der Waals surface area contributed by atoms with E-state index in [1.165, 1.54) is 0 Å². The molecule has 6 N–H and O–H groups in total. The lowest BCUT2D eigenvalue weighted by Crippen LogP contribution is -1.96. The number of hydrogen-bond acceptors (Lipinski definition) is 6. The Morgan fingerprint density at radius 3 is 1.15 bits per heavy atom. The summed E-state index contributed by atoms with van der Waals surface area (Å²) < 4.78 is 31.6. The van der Waals surface area contributed by atoms with E-state index >= 15 is 0 Å². The monoisotopic (exact) mass is 396 g/mol. The molecule has 0 heterocycles. The molecular weight excluding hydrogens is 372 g/mol. The van der Waals surface area contributed by atoms with Crippen molar-refractivity contribution in [1.82, 2.24) is 0 Å². The van der Waals surface area contributed by atoms with E-state index in [2.05, 4.69) is 0 Å². The number of hydrogen-bond donors (Lipinski definition) is 4. The van der Waals surface area contributed by atoms with E-state index in [9.17, 15) is 9.59 Å². The van der Waals surface area contributed by atoms with Crippen LogP contribution in [-0.4, -0.2) is 29.1 Å². The van der Waals surface area contributed by atoms with Crippen LogP contribution in [0.5, 0.6) is 0 Å². The summed E-state index contributed by atoms with van der Waals surface area (Å²) in [6, 6.07) is 14.0. The Balaban J connectivity index is 0.000000405. The maximum Gasteiger partial charge on any atom is 0.394 e. The minimum Gasteiger partial charge on any atom is -0.399 e. The van der Waals surface area contributed by atoms with E-state index in [0.29, 0.717) is 24.2 Å². The van der Waals surface area contributed by atoms with Crippen molar-refractivity contribution in [2.45, 2.75) is 26.7 Å². The zero-order valence-electron chi connectivity index (χ0n) is 15.1. The fourth-order valence-electron chi connectivity index (χ4n) is 1.75. The minimum absolute atomic E-state index is 0.157. The molecule has 148 valence electrons. The summed E-state index contributed by atoms with van der Waals surface area (Å²) in [6.07, 6.45) is 1.09. The van der Waals surface area contributed by atoms with E-state index in [1.807, 2.05) is 13.8 Å². The molecule has 0 aliphatic heterocycles. The maximum atomic E-state index is 11.1. The molecule has 9 heteroatoms. The van der Waals surface area contributed by atoms with Gasteiger partial charge in [0.15, 0.2) is 11.6 Å². The average molecular weight is 396 g/mol. The van der Waals surface area contributed by atoms with Crippen LogP contribution in [0.2, 0.25) is 0 Å². The van der Waals surface area contributed by atoms with Crippen LogP contribution in [0.3, 0.4) is 0 Å². The second kappa shape index (κ2) is 11.8. The van der Waals surface area contributed by atoms with Gasteiger partial charge in [0.1, 0.15) is 0 Å². The van der Waals surface area contributed by atoms with Crippen molar-refractivity contribution in [1.29, 1.82) is 0 Å². The Morgan fingerprint density at radius 2 is 0.963 bits per heavy atom. The lowest BCUT2D eigenvalue weighted by Gasteiger charge is -1.96. The van der Waals surface area contributed by atoms with E-state index in [0.717, 1.165) is 11.1 Å². The van der Waals surface area contributed by atoms with Gasteiger partial charge in [-0.15, -0.1) is 0 Å². The summed E-state index contributed by atoms with van der Waals surface area (Å²) in [5, 5.41) is 0. The minimum atomic E-state index is -4.67. The summed E-state index contributed by atoms with van der Waals surface area (Å²) >= 11 is 0. The largest absolute Gasteiger partial charge is 0.399 e. The molecular formula is C18H24N2O6S. The van der Waals surface area contributed by atoms with Crippen molar-refractivity contribution >= 4 is 33.3 Å². The molecule has 0 saturated carbocycles. The first-order valence-corrected chi connectivity index (χ1v) is 9.35. The highest BCUT2D eigenvalue weighted by atomic mass is 32.3. The Labute approximate surface area is 158 Å². The SMILES string of the molecule is CCC(=O)c1ccc(N)cc1.CCC(=O)c1ccc(N)cc1.O=S(=O)(O)O. The van der Waals surface area contributed by atoms with Crippen LogP contribution in [-0.2, 0) is 10.4 Å². The van der Waals surface area contributed by atoms with Crippen LogP contribution < -0.4 is 11.5 Å². The normalized spacial score (nSPS) is 9.93. The highest BCUT2D eigenvalue weighted by Gasteiger charge is 2.01. The quantitative estimate of drug-likeness (QED) is 0.348. The third-order valence-electron chi connectivity index (χ3n) is 3.11. The number of benzene rings is 2. The number of nitrogen functional groups attached to an aromatic ring is 2.